The fraction of sp³-hybridized carbons (Fsp3) is 0.240. The summed E-state index contributed by atoms with van der Waals surface area (Å²) in [7, 11) is 1.78. The Morgan fingerprint density at radius 3 is 2.66 bits per heavy atom. The van der Waals surface area contributed by atoms with E-state index in [0.717, 1.165) is 16.6 Å². The van der Waals surface area contributed by atoms with E-state index in [1.807, 2.05) is 37.3 Å². The van der Waals surface area contributed by atoms with E-state index in [0.29, 0.717) is 33.8 Å². The molecule has 1 aromatic carbocycles. The summed E-state index contributed by atoms with van der Waals surface area (Å²) < 4.78 is 31.2. The second-order valence-electron chi connectivity index (χ2n) is 8.36. The number of halogens is 2. The Morgan fingerprint density at radius 2 is 1.91 bits per heavy atom. The minimum Gasteiger partial charge on any atom is -0.311 e. The summed E-state index contributed by atoms with van der Waals surface area (Å²) in [5.74, 6) is 0.185. The highest BCUT2D eigenvalue weighted by Gasteiger charge is 2.22. The maximum Gasteiger partial charge on any atom is 0.264 e. The van der Waals surface area contributed by atoms with Gasteiger partial charge >= 0.3 is 0 Å². The number of para-hydroxylation sites is 1. The van der Waals surface area contributed by atoms with Crippen LogP contribution < -0.4 is 5.32 Å². The van der Waals surface area contributed by atoms with Gasteiger partial charge in [-0.05, 0) is 38.1 Å². The van der Waals surface area contributed by atoms with Crippen molar-refractivity contribution in [2.75, 3.05) is 5.32 Å². The van der Waals surface area contributed by atoms with E-state index >= 15 is 0 Å². The van der Waals surface area contributed by atoms with Crippen LogP contribution in [-0.4, -0.2) is 35.4 Å². The summed E-state index contributed by atoms with van der Waals surface area (Å²) in [6.07, 6.45) is -1.02. The van der Waals surface area contributed by atoms with Crippen molar-refractivity contribution in [2.24, 2.45) is 7.05 Å². The monoisotopic (exact) mass is 475 g/mol. The quantitative estimate of drug-likeness (QED) is 0.375. The number of alkyl halides is 2. The Morgan fingerprint density at radius 1 is 1.11 bits per heavy atom. The molecule has 4 heterocycles. The molecule has 5 aromatic rings. The molecular formula is C25H23F2N7O. The molecule has 0 unspecified atom stereocenters. The predicted molar refractivity (Wildman–Crippen MR) is 129 cm³/mol. The van der Waals surface area contributed by atoms with Gasteiger partial charge < -0.3 is 5.32 Å². The van der Waals surface area contributed by atoms with Crippen LogP contribution in [0.25, 0.3) is 33.2 Å². The second kappa shape index (κ2) is 8.86. The average molecular weight is 476 g/mol. The molecule has 8 nitrogen and oxygen atoms in total. The lowest BCUT2D eigenvalue weighted by molar-refractivity contribution is -0.116. The number of fused-ring (bicyclic) bond motifs is 2. The summed E-state index contributed by atoms with van der Waals surface area (Å²) in [6.45, 7) is 3.69. The molecule has 0 fully saturated rings. The summed E-state index contributed by atoms with van der Waals surface area (Å²) in [5.41, 5.74) is 3.26. The lowest BCUT2D eigenvalue weighted by Crippen LogP contribution is -2.16. The third-order valence-electron chi connectivity index (χ3n) is 6.07. The molecule has 10 heteroatoms. The molecular weight excluding hydrogens is 452 g/mol. The maximum absolute atomic E-state index is 14.0. The van der Waals surface area contributed by atoms with Gasteiger partial charge in [-0.3, -0.25) is 9.48 Å². The number of aromatic nitrogens is 6. The summed E-state index contributed by atoms with van der Waals surface area (Å²) in [6, 6.07) is 12.7. The van der Waals surface area contributed by atoms with Gasteiger partial charge in [-0.1, -0.05) is 18.2 Å². The fourth-order valence-corrected chi connectivity index (χ4v) is 4.15. The van der Waals surface area contributed by atoms with Crippen LogP contribution in [0.5, 0.6) is 0 Å². The van der Waals surface area contributed by atoms with Crippen LogP contribution in [0.1, 0.15) is 29.8 Å². The van der Waals surface area contributed by atoms with Crippen molar-refractivity contribution in [3.05, 3.63) is 65.6 Å². The first-order valence-corrected chi connectivity index (χ1v) is 11.1. The first-order valence-electron chi connectivity index (χ1n) is 11.1. The zero-order valence-corrected chi connectivity index (χ0v) is 19.5. The zero-order valence-electron chi connectivity index (χ0n) is 19.5. The lowest BCUT2D eigenvalue weighted by Gasteiger charge is -2.09. The van der Waals surface area contributed by atoms with Crippen LogP contribution in [0.4, 0.5) is 14.6 Å². The van der Waals surface area contributed by atoms with E-state index in [1.165, 1.54) is 10.7 Å². The predicted octanol–water partition coefficient (Wildman–Crippen LogP) is 4.96. The molecule has 0 saturated heterocycles. The van der Waals surface area contributed by atoms with E-state index < -0.39 is 6.43 Å². The number of pyridine rings is 2. The Bertz CT molecular complexity index is 1570. The van der Waals surface area contributed by atoms with Crippen LogP contribution >= 0.6 is 0 Å². The molecule has 0 spiro atoms. The van der Waals surface area contributed by atoms with Crippen molar-refractivity contribution in [2.45, 2.75) is 33.2 Å². The number of carbonyl (C=O) groups excluding carboxylic acids is 1. The minimum absolute atomic E-state index is 0.0760. The summed E-state index contributed by atoms with van der Waals surface area (Å²) >= 11 is 0. The highest BCUT2D eigenvalue weighted by atomic mass is 19.3. The van der Waals surface area contributed by atoms with Gasteiger partial charge in [0, 0.05) is 35.7 Å². The van der Waals surface area contributed by atoms with Crippen molar-refractivity contribution in [3.63, 3.8) is 0 Å². The van der Waals surface area contributed by atoms with Crippen LogP contribution in [0, 0.1) is 13.8 Å². The van der Waals surface area contributed by atoms with E-state index in [4.69, 9.17) is 0 Å². The molecule has 0 atom stereocenters. The molecule has 0 aliphatic rings. The van der Waals surface area contributed by atoms with E-state index in [1.54, 1.807) is 30.9 Å². The van der Waals surface area contributed by atoms with Crippen molar-refractivity contribution in [1.82, 2.24) is 29.5 Å². The third-order valence-corrected chi connectivity index (χ3v) is 6.07. The molecule has 35 heavy (non-hydrogen) atoms. The number of aryl methyl sites for hydroxylation is 3. The molecule has 4 aromatic heterocycles. The SMILES string of the molecule is Cc1nn(CCC(=O)Nc2ccc3ccccc3n2)c2nc(-c3cnn(C)c3C)cc(C(F)F)c12. The molecule has 0 aliphatic heterocycles. The number of hydrogen-bond acceptors (Lipinski definition) is 5. The van der Waals surface area contributed by atoms with Gasteiger partial charge in [0.05, 0.1) is 35.0 Å². The number of nitrogens with zero attached hydrogens (tertiary/aromatic N) is 6. The third kappa shape index (κ3) is 4.23. The molecule has 1 amide bonds. The highest BCUT2D eigenvalue weighted by Crippen LogP contribution is 2.33. The van der Waals surface area contributed by atoms with Crippen LogP contribution in [0.15, 0.2) is 48.7 Å². The van der Waals surface area contributed by atoms with Crippen molar-refractivity contribution < 1.29 is 13.6 Å². The van der Waals surface area contributed by atoms with Crippen molar-refractivity contribution in [3.8, 4) is 11.3 Å². The van der Waals surface area contributed by atoms with Gasteiger partial charge in [0.25, 0.3) is 6.43 Å². The number of benzene rings is 1. The number of amides is 1. The van der Waals surface area contributed by atoms with E-state index in [9.17, 15) is 13.6 Å². The maximum atomic E-state index is 14.0. The molecule has 0 radical (unpaired) electrons. The summed E-state index contributed by atoms with van der Waals surface area (Å²) in [5, 5.41) is 12.7. The highest BCUT2D eigenvalue weighted by molar-refractivity contribution is 5.91. The van der Waals surface area contributed by atoms with Gasteiger partial charge in [0.15, 0.2) is 5.65 Å². The van der Waals surface area contributed by atoms with Gasteiger partial charge in [-0.25, -0.2) is 23.4 Å². The smallest absolute Gasteiger partial charge is 0.264 e. The van der Waals surface area contributed by atoms with Gasteiger partial charge in [0.2, 0.25) is 5.91 Å². The molecule has 0 bridgehead atoms. The number of rotatable bonds is 6. The minimum atomic E-state index is -2.70. The summed E-state index contributed by atoms with van der Waals surface area (Å²) in [4.78, 5) is 21.7. The van der Waals surface area contributed by atoms with Gasteiger partial charge in [-0.2, -0.15) is 10.2 Å². The normalized spacial score (nSPS) is 11.6. The first kappa shape index (κ1) is 22.6. The Balaban J connectivity index is 1.43. The molecule has 178 valence electrons. The fourth-order valence-electron chi connectivity index (χ4n) is 4.15. The van der Waals surface area contributed by atoms with Crippen LogP contribution in [-0.2, 0) is 18.4 Å². The molecule has 0 saturated carbocycles. The van der Waals surface area contributed by atoms with Crippen molar-refractivity contribution in [1.29, 1.82) is 0 Å². The largest absolute Gasteiger partial charge is 0.311 e. The molecule has 5 rings (SSSR count). The van der Waals surface area contributed by atoms with Crippen molar-refractivity contribution >= 4 is 33.7 Å². The standard InChI is InChI=1S/C25H23F2N7O/c1-14-23-17(24(26)27)12-20(18-13-28-33(3)15(18)2)30-25(23)34(32-14)11-10-22(35)31-21-9-8-16-6-4-5-7-19(16)29-21/h4-9,12-13,24H,10-11H2,1-3H3,(H,29,31,35). The molecule has 0 aliphatic carbocycles. The second-order valence-corrected chi connectivity index (χ2v) is 8.36. The number of carbonyl (C=O) groups is 1. The number of hydrogen-bond donors (Lipinski definition) is 1. The van der Waals surface area contributed by atoms with E-state index in [-0.39, 0.29) is 24.4 Å². The van der Waals surface area contributed by atoms with Crippen LogP contribution in [0.3, 0.4) is 0 Å². The van der Waals surface area contributed by atoms with E-state index in [2.05, 4.69) is 25.5 Å². The lowest BCUT2D eigenvalue weighted by atomic mass is 10.1. The first-order chi connectivity index (χ1) is 16.8. The molecule has 1 N–H and O–H groups in total. The number of nitrogens with one attached hydrogen (secondary N) is 1. The Hall–Kier alpha value is -4.21. The Kier molecular flexibility index (Phi) is 5.72. The van der Waals surface area contributed by atoms with Crippen LogP contribution in [0.2, 0.25) is 0 Å². The van der Waals surface area contributed by atoms with Gasteiger partial charge in [0.1, 0.15) is 5.82 Å². The van der Waals surface area contributed by atoms with Gasteiger partial charge in [-0.15, -0.1) is 0 Å². The number of anilines is 1. The topological polar surface area (TPSA) is 90.5 Å². The zero-order chi connectivity index (χ0) is 24.7. The average Bonchev–Trinajstić information content (AvgIpc) is 3.35. The Labute approximate surface area is 199 Å².